The van der Waals surface area contributed by atoms with Gasteiger partial charge in [-0.1, -0.05) is 0 Å². The van der Waals surface area contributed by atoms with Crippen LogP contribution in [0, 0.1) is 7.05 Å². The summed E-state index contributed by atoms with van der Waals surface area (Å²) in [7, 11) is 3.77. The molecule has 6 nitrogen and oxygen atoms in total. The molecule has 0 atom stereocenters. The molecule has 0 aromatic rings. The fourth-order valence-corrected chi connectivity index (χ4v) is 1.34. The topological polar surface area (TPSA) is 72.9 Å². The number of carbonyl (C=O) groups is 2. The van der Waals surface area contributed by atoms with Gasteiger partial charge in [0.25, 0.3) is 0 Å². The molecule has 1 aliphatic heterocycles. The van der Waals surface area contributed by atoms with E-state index in [4.69, 9.17) is 5.11 Å². The van der Waals surface area contributed by atoms with Crippen LogP contribution in [0.4, 0.5) is 4.79 Å². The van der Waals surface area contributed by atoms with Gasteiger partial charge in [0.05, 0.1) is 6.42 Å². The van der Waals surface area contributed by atoms with Gasteiger partial charge in [0.15, 0.2) is 0 Å². The fourth-order valence-electron chi connectivity index (χ4n) is 1.34. The summed E-state index contributed by atoms with van der Waals surface area (Å²) in [6.07, 6.45) is -0.0406. The highest BCUT2D eigenvalue weighted by molar-refractivity contribution is 5.75. The van der Waals surface area contributed by atoms with Gasteiger partial charge in [-0.25, -0.2) is 4.79 Å². The van der Waals surface area contributed by atoms with Gasteiger partial charge in [-0.3, -0.25) is 11.8 Å². The van der Waals surface area contributed by atoms with E-state index in [1.165, 1.54) is 0 Å². The smallest absolute Gasteiger partial charge is 0.317 e. The Hall–Kier alpha value is -1.30. The number of hydrogen-bond donors (Lipinski definition) is 2. The number of aliphatic carboxylic acids is 1. The van der Waals surface area contributed by atoms with Gasteiger partial charge in [0, 0.05) is 19.6 Å². The zero-order chi connectivity index (χ0) is 11.3. The number of urea groups is 1. The molecular formula is C9H16N3O3-. The maximum absolute atomic E-state index is 11.5. The predicted molar refractivity (Wildman–Crippen MR) is 54.2 cm³/mol. The van der Waals surface area contributed by atoms with Gasteiger partial charge in [-0.2, -0.15) is 0 Å². The Balaban J connectivity index is 2.19. The molecule has 0 radical (unpaired) electrons. The molecule has 0 aromatic heterocycles. The first kappa shape index (κ1) is 11.8. The molecule has 2 N–H and O–H groups in total. The van der Waals surface area contributed by atoms with Crippen molar-refractivity contribution in [3.05, 3.63) is 7.05 Å². The minimum absolute atomic E-state index is 0.0406. The maximum atomic E-state index is 11.5. The lowest BCUT2D eigenvalue weighted by molar-refractivity contribution is -0.136. The largest absolute Gasteiger partial charge is 0.481 e. The van der Waals surface area contributed by atoms with Crippen LogP contribution in [-0.2, 0) is 4.79 Å². The van der Waals surface area contributed by atoms with Crippen LogP contribution in [-0.4, -0.2) is 59.6 Å². The Bertz CT molecular complexity index is 237. The lowest BCUT2D eigenvalue weighted by Gasteiger charge is -2.36. The molecular weight excluding hydrogens is 198 g/mol. The van der Waals surface area contributed by atoms with Crippen molar-refractivity contribution in [3.63, 3.8) is 0 Å². The van der Waals surface area contributed by atoms with E-state index in [-0.39, 0.29) is 19.0 Å². The van der Waals surface area contributed by atoms with Crippen LogP contribution in [0.1, 0.15) is 6.42 Å². The zero-order valence-corrected chi connectivity index (χ0v) is 8.61. The normalized spacial score (nSPS) is 17.5. The van der Waals surface area contributed by atoms with Crippen LogP contribution >= 0.6 is 0 Å². The Morgan fingerprint density at radius 3 is 2.40 bits per heavy atom. The number of amides is 2. The van der Waals surface area contributed by atoms with Crippen LogP contribution in [0.15, 0.2) is 0 Å². The first-order valence-electron chi connectivity index (χ1n) is 4.89. The molecule has 2 amide bonds. The molecule has 86 valence electrons. The van der Waals surface area contributed by atoms with Crippen LogP contribution in [0.5, 0.6) is 0 Å². The molecule has 1 heterocycles. The van der Waals surface area contributed by atoms with Crippen LogP contribution in [0.3, 0.4) is 0 Å². The van der Waals surface area contributed by atoms with Gasteiger partial charge in [-0.15, -0.1) is 0 Å². The van der Waals surface area contributed by atoms with Gasteiger partial charge in [0.2, 0.25) is 0 Å². The minimum Gasteiger partial charge on any atom is -0.481 e. The van der Waals surface area contributed by atoms with Crippen molar-refractivity contribution >= 4 is 12.0 Å². The van der Waals surface area contributed by atoms with E-state index in [9.17, 15) is 9.59 Å². The quantitative estimate of drug-likeness (QED) is 0.626. The lowest BCUT2D eigenvalue weighted by atomic mass is 10.3. The van der Waals surface area contributed by atoms with Crippen molar-refractivity contribution in [2.45, 2.75) is 6.42 Å². The minimum atomic E-state index is -0.905. The second-order valence-corrected chi connectivity index (χ2v) is 3.48. The molecule has 1 saturated heterocycles. The van der Waals surface area contributed by atoms with Crippen molar-refractivity contribution in [3.8, 4) is 0 Å². The first-order chi connectivity index (χ1) is 7.09. The van der Waals surface area contributed by atoms with E-state index in [0.717, 1.165) is 13.1 Å². The van der Waals surface area contributed by atoms with Crippen molar-refractivity contribution in [2.75, 3.05) is 32.7 Å². The summed E-state index contributed by atoms with van der Waals surface area (Å²) in [4.78, 5) is 25.3. The number of nitrogens with zero attached hydrogens (tertiary/aromatic N) is 2. The van der Waals surface area contributed by atoms with Gasteiger partial charge >= 0.3 is 12.0 Å². The highest BCUT2D eigenvalue weighted by atomic mass is 16.4. The van der Waals surface area contributed by atoms with E-state index < -0.39 is 5.97 Å². The van der Waals surface area contributed by atoms with Crippen LogP contribution in [0.2, 0.25) is 0 Å². The maximum Gasteiger partial charge on any atom is 0.317 e. The number of piperazine rings is 1. The predicted octanol–water partition coefficient (Wildman–Crippen LogP) is -0.420. The van der Waals surface area contributed by atoms with Gasteiger partial charge < -0.3 is 20.2 Å². The highest BCUT2D eigenvalue weighted by Gasteiger charge is 2.16. The van der Waals surface area contributed by atoms with E-state index in [1.54, 1.807) is 4.90 Å². The molecule has 1 rings (SSSR count). The summed E-state index contributed by atoms with van der Waals surface area (Å²) < 4.78 is 0. The Morgan fingerprint density at radius 1 is 1.27 bits per heavy atom. The summed E-state index contributed by atoms with van der Waals surface area (Å²) in [6, 6.07) is -0.190. The first-order valence-corrected chi connectivity index (χ1v) is 4.89. The molecule has 0 spiro atoms. The number of nitrogens with one attached hydrogen (secondary N) is 1. The molecule has 0 saturated carbocycles. The SMILES string of the molecule is [CH2-]N1CCN(C(=O)NCCC(=O)O)CC1. The summed E-state index contributed by atoms with van der Waals surface area (Å²) in [5.41, 5.74) is 0. The Kier molecular flexibility index (Phi) is 4.36. The van der Waals surface area contributed by atoms with Crippen molar-refractivity contribution in [2.24, 2.45) is 0 Å². The third-order valence-electron chi connectivity index (χ3n) is 2.27. The number of carboxylic acids is 1. The molecule has 0 bridgehead atoms. The zero-order valence-electron chi connectivity index (χ0n) is 8.61. The molecule has 1 fully saturated rings. The van der Waals surface area contributed by atoms with Gasteiger partial charge in [-0.05, 0) is 13.1 Å². The van der Waals surface area contributed by atoms with Crippen LogP contribution in [0.25, 0.3) is 0 Å². The van der Waals surface area contributed by atoms with Crippen molar-refractivity contribution in [1.82, 2.24) is 15.1 Å². The summed E-state index contributed by atoms with van der Waals surface area (Å²) in [5.74, 6) is -0.905. The number of hydrogen-bond acceptors (Lipinski definition) is 3. The Labute approximate surface area is 88.8 Å². The van der Waals surface area contributed by atoms with Crippen LogP contribution < -0.4 is 5.32 Å². The summed E-state index contributed by atoms with van der Waals surface area (Å²) in [6.45, 7) is 2.97. The molecule has 15 heavy (non-hydrogen) atoms. The van der Waals surface area contributed by atoms with E-state index in [1.807, 2.05) is 4.90 Å². The van der Waals surface area contributed by atoms with Crippen molar-refractivity contribution < 1.29 is 14.7 Å². The van der Waals surface area contributed by atoms with E-state index in [2.05, 4.69) is 12.4 Å². The third-order valence-corrected chi connectivity index (χ3v) is 2.27. The molecule has 6 heteroatoms. The summed E-state index contributed by atoms with van der Waals surface area (Å²) in [5, 5.41) is 11.0. The standard InChI is InChI=1S/C9H16N3O3/c1-11-4-6-12(7-5-11)9(15)10-3-2-8(13)14/h1-7H2,(H,10,15)(H,13,14)/q-1. The lowest BCUT2D eigenvalue weighted by Crippen LogP contribution is -2.50. The average Bonchev–Trinajstić information content (AvgIpc) is 2.18. The van der Waals surface area contributed by atoms with E-state index in [0.29, 0.717) is 13.1 Å². The Morgan fingerprint density at radius 2 is 1.87 bits per heavy atom. The number of rotatable bonds is 3. The fraction of sp³-hybridized carbons (Fsp3) is 0.667. The third kappa shape index (κ3) is 4.16. The number of carbonyl (C=O) groups excluding carboxylic acids is 1. The van der Waals surface area contributed by atoms with Gasteiger partial charge in [0.1, 0.15) is 0 Å². The average molecular weight is 214 g/mol. The number of carboxylic acid groups (broad SMARTS) is 1. The molecule has 0 unspecified atom stereocenters. The van der Waals surface area contributed by atoms with E-state index >= 15 is 0 Å². The second kappa shape index (κ2) is 5.55. The highest BCUT2D eigenvalue weighted by Crippen LogP contribution is 1.99. The second-order valence-electron chi connectivity index (χ2n) is 3.48. The molecule has 0 aliphatic carbocycles. The monoisotopic (exact) mass is 214 g/mol. The molecule has 1 aliphatic rings. The molecule has 0 aromatic carbocycles. The summed E-state index contributed by atoms with van der Waals surface area (Å²) >= 11 is 0. The van der Waals surface area contributed by atoms with Crippen molar-refractivity contribution in [1.29, 1.82) is 0 Å².